The van der Waals surface area contributed by atoms with Gasteiger partial charge in [0.2, 0.25) is 10.0 Å². The van der Waals surface area contributed by atoms with Gasteiger partial charge in [-0.25, -0.2) is 22.0 Å². The molecular formula is C10H11F2NO4S. The molecule has 0 aliphatic rings. The Morgan fingerprint density at radius 3 is 2.28 bits per heavy atom. The zero-order valence-corrected chi connectivity index (χ0v) is 10.4. The number of carboxylic acid groups (broad SMARTS) is 1. The largest absolute Gasteiger partial charge is 0.480 e. The molecule has 1 aromatic rings. The Balaban J connectivity index is 3.36. The number of hydrogen-bond acceptors (Lipinski definition) is 3. The lowest BCUT2D eigenvalue weighted by molar-refractivity contribution is -0.137. The standard InChI is InChI=1S/C10H11F2NO4S/c1-6(10(14)15)13(18(2,16)17)7-3-4-8(11)9(12)5-7/h3-6H,1-2H3,(H,14,15)/t6-/m0/s1. The molecule has 0 unspecified atom stereocenters. The van der Waals surface area contributed by atoms with E-state index >= 15 is 0 Å². The summed E-state index contributed by atoms with van der Waals surface area (Å²) in [6.45, 7) is 1.13. The van der Waals surface area contributed by atoms with Crippen molar-refractivity contribution in [1.29, 1.82) is 0 Å². The average Bonchev–Trinajstić information content (AvgIpc) is 2.21. The van der Waals surface area contributed by atoms with E-state index in [0.29, 0.717) is 10.4 Å². The van der Waals surface area contributed by atoms with Crippen LogP contribution in [0.1, 0.15) is 6.92 Å². The minimum absolute atomic E-state index is 0.244. The monoisotopic (exact) mass is 279 g/mol. The van der Waals surface area contributed by atoms with Crippen LogP contribution in [0.5, 0.6) is 0 Å². The highest BCUT2D eigenvalue weighted by Crippen LogP contribution is 2.22. The number of hydrogen-bond donors (Lipinski definition) is 1. The summed E-state index contributed by atoms with van der Waals surface area (Å²) in [6, 6.07) is 0.941. The summed E-state index contributed by atoms with van der Waals surface area (Å²) in [7, 11) is -3.93. The smallest absolute Gasteiger partial charge is 0.327 e. The summed E-state index contributed by atoms with van der Waals surface area (Å²) >= 11 is 0. The van der Waals surface area contributed by atoms with E-state index in [1.807, 2.05) is 0 Å². The first-order valence-corrected chi connectivity index (χ1v) is 6.66. The van der Waals surface area contributed by atoms with Crippen molar-refractivity contribution in [1.82, 2.24) is 0 Å². The Morgan fingerprint density at radius 2 is 1.89 bits per heavy atom. The Morgan fingerprint density at radius 1 is 1.33 bits per heavy atom. The van der Waals surface area contributed by atoms with Crippen LogP contribution in [0.25, 0.3) is 0 Å². The fraction of sp³-hybridized carbons (Fsp3) is 0.300. The van der Waals surface area contributed by atoms with Gasteiger partial charge in [-0.1, -0.05) is 0 Å². The van der Waals surface area contributed by atoms with E-state index in [9.17, 15) is 22.0 Å². The molecule has 0 spiro atoms. The maximum absolute atomic E-state index is 13.0. The molecule has 0 aromatic heterocycles. The number of aliphatic carboxylic acids is 1. The molecule has 0 bridgehead atoms. The van der Waals surface area contributed by atoms with Gasteiger partial charge >= 0.3 is 5.97 Å². The van der Waals surface area contributed by atoms with Crippen molar-refractivity contribution in [3.63, 3.8) is 0 Å². The third kappa shape index (κ3) is 2.95. The molecule has 5 nitrogen and oxygen atoms in total. The first-order valence-electron chi connectivity index (χ1n) is 4.82. The number of sulfonamides is 1. The number of rotatable bonds is 4. The second kappa shape index (κ2) is 4.89. The fourth-order valence-electron chi connectivity index (χ4n) is 1.42. The Bertz CT molecular complexity index is 573. The van der Waals surface area contributed by atoms with Crippen LogP contribution >= 0.6 is 0 Å². The number of carbonyl (C=O) groups is 1. The number of benzene rings is 1. The molecule has 1 aromatic carbocycles. The highest BCUT2D eigenvalue weighted by atomic mass is 32.2. The van der Waals surface area contributed by atoms with Crippen LogP contribution in [0.2, 0.25) is 0 Å². The lowest BCUT2D eigenvalue weighted by Crippen LogP contribution is -2.42. The zero-order valence-electron chi connectivity index (χ0n) is 9.59. The Hall–Kier alpha value is -1.70. The summed E-state index contributed by atoms with van der Waals surface area (Å²) in [4.78, 5) is 10.8. The predicted octanol–water partition coefficient (Wildman–Crippen LogP) is 1.20. The second-order valence-electron chi connectivity index (χ2n) is 3.67. The highest BCUT2D eigenvalue weighted by Gasteiger charge is 2.29. The van der Waals surface area contributed by atoms with Crippen molar-refractivity contribution in [2.75, 3.05) is 10.6 Å². The van der Waals surface area contributed by atoms with E-state index in [2.05, 4.69) is 0 Å². The first kappa shape index (κ1) is 14.4. The summed E-state index contributed by atoms with van der Waals surface area (Å²) in [5.41, 5.74) is -0.244. The van der Waals surface area contributed by atoms with Gasteiger partial charge in [-0.15, -0.1) is 0 Å². The molecule has 1 rings (SSSR count). The SMILES string of the molecule is C[C@@H](C(=O)O)N(c1ccc(F)c(F)c1)S(C)(=O)=O. The van der Waals surface area contributed by atoms with Crippen LogP contribution in [0.3, 0.4) is 0 Å². The van der Waals surface area contributed by atoms with Crippen molar-refractivity contribution < 1.29 is 27.1 Å². The van der Waals surface area contributed by atoms with Gasteiger partial charge in [-0.05, 0) is 19.1 Å². The van der Waals surface area contributed by atoms with E-state index in [4.69, 9.17) is 5.11 Å². The molecule has 0 saturated heterocycles. The molecule has 18 heavy (non-hydrogen) atoms. The second-order valence-corrected chi connectivity index (χ2v) is 5.53. The number of anilines is 1. The lowest BCUT2D eigenvalue weighted by Gasteiger charge is -2.26. The van der Waals surface area contributed by atoms with Gasteiger partial charge in [0.1, 0.15) is 6.04 Å². The van der Waals surface area contributed by atoms with Gasteiger partial charge in [0.05, 0.1) is 11.9 Å². The van der Waals surface area contributed by atoms with Crippen molar-refractivity contribution in [2.45, 2.75) is 13.0 Å². The van der Waals surface area contributed by atoms with Gasteiger partial charge in [0.15, 0.2) is 11.6 Å². The van der Waals surface area contributed by atoms with Crippen LogP contribution in [-0.4, -0.2) is 31.8 Å². The summed E-state index contributed by atoms with van der Waals surface area (Å²) in [5.74, 6) is -3.79. The molecule has 100 valence electrons. The average molecular weight is 279 g/mol. The summed E-state index contributed by atoms with van der Waals surface area (Å²) < 4.78 is 49.4. The molecule has 1 N–H and O–H groups in total. The molecule has 0 saturated carbocycles. The minimum Gasteiger partial charge on any atom is -0.480 e. The minimum atomic E-state index is -3.93. The quantitative estimate of drug-likeness (QED) is 0.898. The van der Waals surface area contributed by atoms with Crippen LogP contribution in [0.15, 0.2) is 18.2 Å². The molecule has 8 heteroatoms. The molecular weight excluding hydrogens is 268 g/mol. The maximum Gasteiger partial charge on any atom is 0.327 e. The summed E-state index contributed by atoms with van der Waals surface area (Å²) in [5, 5.41) is 8.83. The van der Waals surface area contributed by atoms with Gasteiger partial charge in [-0.3, -0.25) is 4.31 Å². The van der Waals surface area contributed by atoms with Crippen molar-refractivity contribution in [3.8, 4) is 0 Å². The van der Waals surface area contributed by atoms with Crippen LogP contribution in [-0.2, 0) is 14.8 Å². The maximum atomic E-state index is 13.0. The van der Waals surface area contributed by atoms with Crippen LogP contribution in [0, 0.1) is 11.6 Å². The fourth-order valence-corrected chi connectivity index (χ4v) is 2.59. The molecule has 0 heterocycles. The third-order valence-corrected chi connectivity index (χ3v) is 3.47. The molecule has 1 atom stereocenters. The molecule has 0 radical (unpaired) electrons. The van der Waals surface area contributed by atoms with E-state index < -0.39 is 33.7 Å². The molecule has 0 fully saturated rings. The van der Waals surface area contributed by atoms with Gasteiger partial charge in [-0.2, -0.15) is 0 Å². The topological polar surface area (TPSA) is 74.7 Å². The van der Waals surface area contributed by atoms with E-state index in [1.54, 1.807) is 0 Å². The summed E-state index contributed by atoms with van der Waals surface area (Å²) in [6.07, 6.45) is 0.785. The molecule has 0 aliphatic heterocycles. The Kier molecular flexibility index (Phi) is 3.90. The number of halogens is 2. The van der Waals surface area contributed by atoms with Crippen molar-refractivity contribution in [2.24, 2.45) is 0 Å². The van der Waals surface area contributed by atoms with Crippen LogP contribution in [0.4, 0.5) is 14.5 Å². The van der Waals surface area contributed by atoms with Gasteiger partial charge in [0.25, 0.3) is 0 Å². The first-order chi connectivity index (χ1) is 8.14. The zero-order chi connectivity index (χ0) is 14.1. The number of nitrogens with zero attached hydrogens (tertiary/aromatic N) is 1. The lowest BCUT2D eigenvalue weighted by atomic mass is 10.2. The van der Waals surface area contributed by atoms with Crippen molar-refractivity contribution >= 4 is 21.7 Å². The van der Waals surface area contributed by atoms with E-state index in [-0.39, 0.29) is 5.69 Å². The predicted molar refractivity (Wildman–Crippen MR) is 60.8 cm³/mol. The number of carboxylic acids is 1. The van der Waals surface area contributed by atoms with Crippen molar-refractivity contribution in [3.05, 3.63) is 29.8 Å². The highest BCUT2D eigenvalue weighted by molar-refractivity contribution is 7.92. The Labute approximate surface area is 103 Å². The third-order valence-electron chi connectivity index (χ3n) is 2.22. The normalized spacial score (nSPS) is 13.1. The molecule has 0 amide bonds. The van der Waals surface area contributed by atoms with E-state index in [0.717, 1.165) is 25.3 Å². The van der Waals surface area contributed by atoms with Gasteiger partial charge in [0, 0.05) is 6.07 Å². The van der Waals surface area contributed by atoms with Gasteiger partial charge < -0.3 is 5.11 Å². The van der Waals surface area contributed by atoms with Crippen LogP contribution < -0.4 is 4.31 Å². The van der Waals surface area contributed by atoms with E-state index in [1.165, 1.54) is 0 Å². The molecule has 0 aliphatic carbocycles.